The first-order valence-electron chi connectivity index (χ1n) is 6.88. The first kappa shape index (κ1) is 16.2. The second kappa shape index (κ2) is 7.75. The molecule has 116 valence electrons. The Bertz CT molecular complexity index is 638. The molecule has 0 atom stereocenters. The first-order valence-corrected chi connectivity index (χ1v) is 7.87. The van der Waals surface area contributed by atoms with Crippen LogP contribution in [0.1, 0.15) is 22.8 Å². The Kier molecular flexibility index (Phi) is 5.72. The van der Waals surface area contributed by atoms with Crippen LogP contribution in [-0.4, -0.2) is 25.1 Å². The number of aromatic hydroxyl groups is 1. The molecule has 0 aliphatic carbocycles. The van der Waals surface area contributed by atoms with Gasteiger partial charge in [0.25, 0.3) is 0 Å². The Labute approximate surface area is 134 Å². The van der Waals surface area contributed by atoms with Crippen LogP contribution in [0.25, 0.3) is 0 Å². The number of methoxy groups -OCH3 is 1. The van der Waals surface area contributed by atoms with Gasteiger partial charge in [-0.05, 0) is 43.3 Å². The Hall–Kier alpha value is -2.14. The second-order valence-electron chi connectivity index (χ2n) is 4.54. The molecule has 0 aliphatic heterocycles. The lowest BCUT2D eigenvalue weighted by Gasteiger charge is -2.15. The highest BCUT2D eigenvalue weighted by atomic mass is 32.2. The van der Waals surface area contributed by atoms with E-state index in [4.69, 9.17) is 9.47 Å². The zero-order chi connectivity index (χ0) is 15.9. The van der Waals surface area contributed by atoms with Gasteiger partial charge in [0.1, 0.15) is 12.0 Å². The Morgan fingerprint density at radius 3 is 2.55 bits per heavy atom. The van der Waals surface area contributed by atoms with Crippen LogP contribution in [0.4, 0.5) is 0 Å². The van der Waals surface area contributed by atoms with Crippen molar-refractivity contribution < 1.29 is 19.4 Å². The van der Waals surface area contributed by atoms with Crippen LogP contribution >= 0.6 is 11.8 Å². The zero-order valence-electron chi connectivity index (χ0n) is 12.5. The zero-order valence-corrected chi connectivity index (χ0v) is 13.4. The lowest BCUT2D eigenvalue weighted by Crippen LogP contribution is -2.01. The molecule has 0 spiro atoms. The predicted octanol–water partition coefficient (Wildman–Crippen LogP) is 3.90. The third kappa shape index (κ3) is 3.95. The van der Waals surface area contributed by atoms with Gasteiger partial charge in [-0.3, -0.25) is 4.79 Å². The minimum Gasteiger partial charge on any atom is -0.508 e. The van der Waals surface area contributed by atoms with Gasteiger partial charge in [-0.2, -0.15) is 0 Å². The van der Waals surface area contributed by atoms with E-state index < -0.39 is 0 Å². The summed E-state index contributed by atoms with van der Waals surface area (Å²) < 4.78 is 11.0. The minimum atomic E-state index is 0.240. The third-order valence-electron chi connectivity index (χ3n) is 3.03. The van der Waals surface area contributed by atoms with Gasteiger partial charge in [-0.1, -0.05) is 0 Å². The molecule has 1 N–H and O–H groups in total. The molecule has 4 nitrogen and oxygen atoms in total. The first-order chi connectivity index (χ1) is 10.7. The number of hydrogen-bond acceptors (Lipinski definition) is 5. The maximum absolute atomic E-state index is 11.1. The lowest BCUT2D eigenvalue weighted by atomic mass is 10.1. The van der Waals surface area contributed by atoms with Crippen LogP contribution < -0.4 is 9.47 Å². The van der Waals surface area contributed by atoms with Crippen molar-refractivity contribution in [2.24, 2.45) is 0 Å². The second-order valence-corrected chi connectivity index (χ2v) is 5.59. The van der Waals surface area contributed by atoms with Gasteiger partial charge < -0.3 is 14.6 Å². The van der Waals surface area contributed by atoms with E-state index in [0.29, 0.717) is 29.4 Å². The van der Waals surface area contributed by atoms with Crippen LogP contribution in [-0.2, 0) is 5.75 Å². The van der Waals surface area contributed by atoms with Crippen molar-refractivity contribution in [3.63, 3.8) is 0 Å². The van der Waals surface area contributed by atoms with Crippen LogP contribution in [0, 0.1) is 0 Å². The van der Waals surface area contributed by atoms with Gasteiger partial charge in [0, 0.05) is 21.8 Å². The monoisotopic (exact) mass is 318 g/mol. The largest absolute Gasteiger partial charge is 0.508 e. The number of aldehydes is 1. The number of phenolic OH excluding ortho intramolecular Hbond substituents is 1. The number of hydrogen-bond donors (Lipinski definition) is 1. The van der Waals surface area contributed by atoms with E-state index >= 15 is 0 Å². The normalized spacial score (nSPS) is 10.3. The molecule has 0 fully saturated rings. The molecule has 0 bridgehead atoms. The number of phenols is 1. The summed E-state index contributed by atoms with van der Waals surface area (Å²) in [5.41, 5.74) is 1.46. The fourth-order valence-corrected chi connectivity index (χ4v) is 2.89. The van der Waals surface area contributed by atoms with E-state index in [-0.39, 0.29) is 5.75 Å². The van der Waals surface area contributed by atoms with Crippen molar-refractivity contribution >= 4 is 18.0 Å². The number of rotatable bonds is 7. The molecule has 0 unspecified atom stereocenters. The molecule has 0 aromatic heterocycles. The lowest BCUT2D eigenvalue weighted by molar-refractivity contribution is 0.112. The maximum Gasteiger partial charge on any atom is 0.165 e. The standard InChI is InChI=1S/C17H18O4S/c1-3-21-17-13(8-12(10-18)9-16(17)20-2)11-22-15-6-4-14(19)5-7-15/h4-10,19H,3,11H2,1-2H3. The van der Waals surface area contributed by atoms with Crippen molar-refractivity contribution in [1.82, 2.24) is 0 Å². The van der Waals surface area contributed by atoms with Crippen LogP contribution in [0.15, 0.2) is 41.3 Å². The topological polar surface area (TPSA) is 55.8 Å². The maximum atomic E-state index is 11.1. The van der Waals surface area contributed by atoms with Gasteiger partial charge in [-0.25, -0.2) is 0 Å². The molecule has 22 heavy (non-hydrogen) atoms. The number of ether oxygens (including phenoxy) is 2. The van der Waals surface area contributed by atoms with Gasteiger partial charge in [0.2, 0.25) is 0 Å². The van der Waals surface area contributed by atoms with Crippen molar-refractivity contribution in [3.05, 3.63) is 47.5 Å². The summed E-state index contributed by atoms with van der Waals surface area (Å²) in [4.78, 5) is 12.1. The highest BCUT2D eigenvalue weighted by Crippen LogP contribution is 2.36. The fourth-order valence-electron chi connectivity index (χ4n) is 2.02. The van der Waals surface area contributed by atoms with E-state index in [1.807, 2.05) is 25.1 Å². The van der Waals surface area contributed by atoms with E-state index in [0.717, 1.165) is 16.7 Å². The van der Waals surface area contributed by atoms with E-state index in [1.165, 1.54) is 0 Å². The third-order valence-corrected chi connectivity index (χ3v) is 4.09. The van der Waals surface area contributed by atoms with Crippen molar-refractivity contribution in [2.75, 3.05) is 13.7 Å². The Morgan fingerprint density at radius 2 is 1.95 bits per heavy atom. The Balaban J connectivity index is 2.27. The molecular weight excluding hydrogens is 300 g/mol. The number of carbonyl (C=O) groups is 1. The molecule has 0 heterocycles. The van der Waals surface area contributed by atoms with Crippen molar-refractivity contribution in [1.29, 1.82) is 0 Å². The molecule has 0 radical (unpaired) electrons. The summed E-state index contributed by atoms with van der Waals surface area (Å²) in [6.45, 7) is 2.43. The van der Waals surface area contributed by atoms with Gasteiger partial charge >= 0.3 is 0 Å². The van der Waals surface area contributed by atoms with Crippen LogP contribution in [0.5, 0.6) is 17.2 Å². The molecule has 0 saturated carbocycles. The van der Waals surface area contributed by atoms with Crippen molar-refractivity contribution in [3.8, 4) is 17.2 Å². The highest BCUT2D eigenvalue weighted by molar-refractivity contribution is 7.98. The molecular formula is C17H18O4S. The molecule has 0 amide bonds. The summed E-state index contributed by atoms with van der Waals surface area (Å²) in [6.07, 6.45) is 0.799. The minimum absolute atomic E-state index is 0.240. The predicted molar refractivity (Wildman–Crippen MR) is 87.2 cm³/mol. The number of benzene rings is 2. The van der Waals surface area contributed by atoms with E-state index in [1.54, 1.807) is 37.1 Å². The Morgan fingerprint density at radius 1 is 1.23 bits per heavy atom. The molecule has 0 saturated heterocycles. The van der Waals surface area contributed by atoms with Crippen LogP contribution in [0.3, 0.4) is 0 Å². The molecule has 2 aromatic rings. The van der Waals surface area contributed by atoms with Crippen LogP contribution in [0.2, 0.25) is 0 Å². The molecule has 2 aromatic carbocycles. The average Bonchev–Trinajstić information content (AvgIpc) is 2.55. The highest BCUT2D eigenvalue weighted by Gasteiger charge is 2.13. The molecule has 5 heteroatoms. The van der Waals surface area contributed by atoms with Gasteiger partial charge in [0.05, 0.1) is 13.7 Å². The summed E-state index contributed by atoms with van der Waals surface area (Å²) in [5.74, 6) is 2.11. The van der Waals surface area contributed by atoms with E-state index in [2.05, 4.69) is 0 Å². The fraction of sp³-hybridized carbons (Fsp3) is 0.235. The summed E-state index contributed by atoms with van der Waals surface area (Å²) >= 11 is 1.60. The average molecular weight is 318 g/mol. The quantitative estimate of drug-likeness (QED) is 0.620. The van der Waals surface area contributed by atoms with E-state index in [9.17, 15) is 9.90 Å². The SMILES string of the molecule is CCOc1c(CSc2ccc(O)cc2)cc(C=O)cc1OC. The van der Waals surface area contributed by atoms with Crippen molar-refractivity contribution in [2.45, 2.75) is 17.6 Å². The molecule has 2 rings (SSSR count). The summed E-state index contributed by atoms with van der Waals surface area (Å²) in [5, 5.41) is 9.31. The number of thioether (sulfide) groups is 1. The number of carbonyl (C=O) groups excluding carboxylic acids is 1. The smallest absolute Gasteiger partial charge is 0.165 e. The summed E-state index contributed by atoms with van der Waals surface area (Å²) in [6, 6.07) is 10.5. The van der Waals surface area contributed by atoms with Gasteiger partial charge in [0.15, 0.2) is 11.5 Å². The summed E-state index contributed by atoms with van der Waals surface area (Å²) in [7, 11) is 1.56. The molecule has 0 aliphatic rings. The van der Waals surface area contributed by atoms with Gasteiger partial charge in [-0.15, -0.1) is 11.8 Å².